The van der Waals surface area contributed by atoms with Gasteiger partial charge < -0.3 is 10.1 Å². The third kappa shape index (κ3) is 5.10. The van der Waals surface area contributed by atoms with Gasteiger partial charge in [0.2, 0.25) is 5.91 Å². The normalized spacial score (nSPS) is 11.7. The van der Waals surface area contributed by atoms with Gasteiger partial charge in [-0.25, -0.2) is 8.78 Å². The smallest absolute Gasteiger partial charge is 0.231 e. The van der Waals surface area contributed by atoms with E-state index in [9.17, 15) is 13.6 Å². The molecule has 3 rings (SSSR count). The molecule has 0 saturated carbocycles. The number of thioether (sulfide) groups is 1. The van der Waals surface area contributed by atoms with Crippen LogP contribution in [-0.2, 0) is 4.79 Å². The summed E-state index contributed by atoms with van der Waals surface area (Å²) in [7, 11) is 1.59. The van der Waals surface area contributed by atoms with Gasteiger partial charge in [-0.3, -0.25) is 4.79 Å². The van der Waals surface area contributed by atoms with Gasteiger partial charge in [-0.1, -0.05) is 42.5 Å². The summed E-state index contributed by atoms with van der Waals surface area (Å²) < 4.78 is 32.2. The number of methoxy groups -OCH3 is 1. The van der Waals surface area contributed by atoms with Crippen molar-refractivity contribution in [1.29, 1.82) is 0 Å². The molecule has 0 bridgehead atoms. The molecule has 28 heavy (non-hydrogen) atoms. The maximum Gasteiger partial charge on any atom is 0.231 e. The average Bonchev–Trinajstić information content (AvgIpc) is 2.73. The molecule has 6 heteroatoms. The molecule has 1 N–H and O–H groups in total. The summed E-state index contributed by atoms with van der Waals surface area (Å²) in [6, 6.07) is 19.8. The second-order valence-corrected chi connectivity index (χ2v) is 7.06. The fraction of sp³-hybridized carbons (Fsp3) is 0.136. The Morgan fingerprint density at radius 3 is 2.36 bits per heavy atom. The molecule has 0 unspecified atom stereocenters. The molecule has 0 radical (unpaired) electrons. The number of carbonyl (C=O) groups is 1. The maximum atomic E-state index is 13.8. The van der Waals surface area contributed by atoms with E-state index in [1.165, 1.54) is 0 Å². The van der Waals surface area contributed by atoms with Crippen molar-refractivity contribution in [3.8, 4) is 5.75 Å². The highest BCUT2D eigenvalue weighted by molar-refractivity contribution is 8.00. The van der Waals surface area contributed by atoms with Crippen molar-refractivity contribution in [2.24, 2.45) is 0 Å². The highest BCUT2D eigenvalue weighted by Gasteiger charge is 2.17. The summed E-state index contributed by atoms with van der Waals surface area (Å²) in [6.45, 7) is 0. The van der Waals surface area contributed by atoms with Crippen molar-refractivity contribution >= 4 is 17.7 Å². The van der Waals surface area contributed by atoms with Crippen LogP contribution in [0.2, 0.25) is 0 Å². The summed E-state index contributed by atoms with van der Waals surface area (Å²) in [4.78, 5) is 12.6. The van der Waals surface area contributed by atoms with Crippen molar-refractivity contribution in [2.75, 3.05) is 12.9 Å². The Hall–Kier alpha value is -2.86. The lowest BCUT2D eigenvalue weighted by molar-refractivity contribution is -0.119. The van der Waals surface area contributed by atoms with Crippen molar-refractivity contribution in [1.82, 2.24) is 5.32 Å². The highest BCUT2D eigenvalue weighted by atomic mass is 32.2. The van der Waals surface area contributed by atoms with Crippen LogP contribution in [0.1, 0.15) is 17.2 Å². The fourth-order valence-electron chi connectivity index (χ4n) is 2.73. The first kappa shape index (κ1) is 19.9. The van der Waals surface area contributed by atoms with Gasteiger partial charge in [0.1, 0.15) is 17.4 Å². The van der Waals surface area contributed by atoms with Crippen molar-refractivity contribution < 1.29 is 18.3 Å². The fourth-order valence-corrected chi connectivity index (χ4v) is 3.51. The Morgan fingerprint density at radius 1 is 1.00 bits per heavy atom. The van der Waals surface area contributed by atoms with Crippen LogP contribution in [-0.4, -0.2) is 18.8 Å². The Kier molecular flexibility index (Phi) is 6.66. The minimum Gasteiger partial charge on any atom is -0.497 e. The molecule has 0 saturated heterocycles. The van der Waals surface area contributed by atoms with Crippen molar-refractivity contribution in [2.45, 2.75) is 10.9 Å². The number of halogens is 2. The molecule has 0 aliphatic rings. The molecule has 3 aromatic rings. The van der Waals surface area contributed by atoms with E-state index in [4.69, 9.17) is 4.74 Å². The van der Waals surface area contributed by atoms with Crippen molar-refractivity contribution in [3.63, 3.8) is 0 Å². The van der Waals surface area contributed by atoms with Gasteiger partial charge in [-0.05, 0) is 41.5 Å². The van der Waals surface area contributed by atoms with Gasteiger partial charge >= 0.3 is 0 Å². The molecule has 1 atom stereocenters. The molecule has 0 heterocycles. The second-order valence-electron chi connectivity index (χ2n) is 6.05. The molecule has 0 aliphatic heterocycles. The third-order valence-electron chi connectivity index (χ3n) is 4.14. The molecule has 1 amide bonds. The zero-order chi connectivity index (χ0) is 19.9. The lowest BCUT2D eigenvalue weighted by Gasteiger charge is -2.20. The van der Waals surface area contributed by atoms with E-state index >= 15 is 0 Å². The van der Waals surface area contributed by atoms with Crippen LogP contribution in [0.4, 0.5) is 8.78 Å². The van der Waals surface area contributed by atoms with Gasteiger partial charge in [-0.15, -0.1) is 11.8 Å². The number of amides is 1. The summed E-state index contributed by atoms with van der Waals surface area (Å²) >= 11 is 0.961. The number of hydrogen-bond acceptors (Lipinski definition) is 3. The summed E-state index contributed by atoms with van der Waals surface area (Å²) in [5.74, 6) is -0.670. The van der Waals surface area contributed by atoms with Crippen LogP contribution < -0.4 is 10.1 Å². The van der Waals surface area contributed by atoms with Crippen LogP contribution in [0.15, 0.2) is 77.7 Å². The van der Waals surface area contributed by atoms with Crippen LogP contribution in [0.25, 0.3) is 0 Å². The Morgan fingerprint density at radius 2 is 1.68 bits per heavy atom. The first-order valence-electron chi connectivity index (χ1n) is 8.63. The van der Waals surface area contributed by atoms with Gasteiger partial charge in [0.05, 0.1) is 18.9 Å². The lowest BCUT2D eigenvalue weighted by Crippen LogP contribution is -2.30. The first-order chi connectivity index (χ1) is 13.6. The number of benzene rings is 3. The molecule has 144 valence electrons. The number of nitrogens with one attached hydrogen (secondary N) is 1. The third-order valence-corrected chi connectivity index (χ3v) is 5.17. The van der Waals surface area contributed by atoms with E-state index in [0.717, 1.165) is 46.8 Å². The number of carbonyl (C=O) groups excluding carboxylic acids is 1. The number of rotatable bonds is 7. The van der Waals surface area contributed by atoms with Crippen LogP contribution >= 0.6 is 11.8 Å². The minimum absolute atomic E-state index is 0.0279. The molecular weight excluding hydrogens is 380 g/mol. The predicted molar refractivity (Wildman–Crippen MR) is 107 cm³/mol. The van der Waals surface area contributed by atoms with E-state index in [1.54, 1.807) is 7.11 Å². The van der Waals surface area contributed by atoms with E-state index < -0.39 is 11.6 Å². The number of ether oxygens (including phenoxy) is 1. The van der Waals surface area contributed by atoms with E-state index in [2.05, 4.69) is 5.32 Å². The second kappa shape index (κ2) is 9.37. The molecule has 0 aliphatic carbocycles. The van der Waals surface area contributed by atoms with Gasteiger partial charge in [0.25, 0.3) is 0 Å². The van der Waals surface area contributed by atoms with Crippen molar-refractivity contribution in [3.05, 3.63) is 95.6 Å². The monoisotopic (exact) mass is 399 g/mol. The number of hydrogen-bond donors (Lipinski definition) is 1. The first-order valence-corrected chi connectivity index (χ1v) is 9.61. The molecule has 3 aromatic carbocycles. The van der Waals surface area contributed by atoms with Gasteiger partial charge in [0, 0.05) is 4.90 Å². The zero-order valence-electron chi connectivity index (χ0n) is 15.2. The van der Waals surface area contributed by atoms with Crippen LogP contribution in [0.5, 0.6) is 5.75 Å². The lowest BCUT2D eigenvalue weighted by atomic mass is 9.98. The Labute approximate surface area is 166 Å². The summed E-state index contributed by atoms with van der Waals surface area (Å²) in [5.41, 5.74) is 1.81. The van der Waals surface area contributed by atoms with Gasteiger partial charge in [-0.2, -0.15) is 0 Å². The summed E-state index contributed by atoms with van der Waals surface area (Å²) in [5, 5.41) is 2.97. The maximum absolute atomic E-state index is 13.8. The summed E-state index contributed by atoms with van der Waals surface area (Å²) in [6.07, 6.45) is 0. The van der Waals surface area contributed by atoms with Crippen LogP contribution in [0.3, 0.4) is 0 Å². The molecule has 0 spiro atoms. The Bertz CT molecular complexity index is 933. The average molecular weight is 399 g/mol. The minimum atomic E-state index is -0.547. The topological polar surface area (TPSA) is 38.3 Å². The van der Waals surface area contributed by atoms with Gasteiger partial charge in [0.15, 0.2) is 0 Å². The standard InChI is InChI=1S/C22H19F2NO2S/c1-27-18-10-7-16(8-11-18)22(15-5-3-2-4-6-15)25-21(26)14-28-20-13-17(23)9-12-19(20)24/h2-13,22H,14H2,1H3,(H,25,26)/t22-/m1/s1. The highest BCUT2D eigenvalue weighted by Crippen LogP contribution is 2.26. The van der Waals surface area contributed by atoms with E-state index in [0.29, 0.717) is 0 Å². The van der Waals surface area contributed by atoms with E-state index in [1.807, 2.05) is 54.6 Å². The molecule has 0 aromatic heterocycles. The molecule has 3 nitrogen and oxygen atoms in total. The quantitative estimate of drug-likeness (QED) is 0.570. The largest absolute Gasteiger partial charge is 0.497 e. The zero-order valence-corrected chi connectivity index (χ0v) is 16.0. The Balaban J connectivity index is 1.75. The molecule has 0 fully saturated rings. The predicted octanol–water partition coefficient (Wildman–Crippen LogP) is 4.97. The SMILES string of the molecule is COc1ccc([C@H](NC(=O)CSc2cc(F)ccc2F)c2ccccc2)cc1. The molecular formula is C22H19F2NO2S. The van der Waals surface area contributed by atoms with E-state index in [-0.39, 0.29) is 22.6 Å². The van der Waals surface area contributed by atoms with Crippen LogP contribution in [0, 0.1) is 11.6 Å².